The summed E-state index contributed by atoms with van der Waals surface area (Å²) in [5, 5.41) is 0. The number of ether oxygens (including phenoxy) is 1. The lowest BCUT2D eigenvalue weighted by Gasteiger charge is -2.42. The molecule has 0 saturated heterocycles. The van der Waals surface area contributed by atoms with Gasteiger partial charge in [0.25, 0.3) is 0 Å². The number of carbonyl (C=O) groups excluding carboxylic acids is 1. The molecule has 0 aromatic heterocycles. The molecule has 7 heteroatoms. The minimum atomic E-state index is -1.87. The summed E-state index contributed by atoms with van der Waals surface area (Å²) in [7, 11) is -3.06. The van der Waals surface area contributed by atoms with Crippen molar-refractivity contribution in [2.75, 3.05) is 0 Å². The molecule has 0 heterocycles. The summed E-state index contributed by atoms with van der Waals surface area (Å²) >= 11 is 0. The maximum absolute atomic E-state index is 11.9. The van der Waals surface area contributed by atoms with Crippen LogP contribution < -0.4 is 0 Å². The van der Waals surface area contributed by atoms with E-state index in [-0.39, 0.29) is 6.10 Å². The summed E-state index contributed by atoms with van der Waals surface area (Å²) in [6, 6.07) is 0. The molecule has 0 N–H and O–H groups in total. The van der Waals surface area contributed by atoms with E-state index in [0.717, 1.165) is 0 Å². The van der Waals surface area contributed by atoms with Gasteiger partial charge >= 0.3 is 5.97 Å². The zero-order chi connectivity index (χ0) is 16.4. The van der Waals surface area contributed by atoms with Gasteiger partial charge < -0.3 is 13.6 Å². The molecule has 0 aliphatic carbocycles. The minimum Gasteiger partial charge on any atom is -0.433 e. The van der Waals surface area contributed by atoms with Gasteiger partial charge in [-0.05, 0) is 53.1 Å². The molecular formula is C13H30O4Si3. The summed E-state index contributed by atoms with van der Waals surface area (Å²) in [5.74, 6) is -0.413. The van der Waals surface area contributed by atoms with Crippen LogP contribution in [0.15, 0.2) is 12.2 Å². The molecule has 20 heavy (non-hydrogen) atoms. The Morgan fingerprint density at radius 3 is 1.90 bits per heavy atom. The lowest BCUT2D eigenvalue weighted by atomic mass is 10.3. The van der Waals surface area contributed by atoms with Crippen LogP contribution in [0.25, 0.3) is 0 Å². The van der Waals surface area contributed by atoms with Crippen molar-refractivity contribution in [1.29, 1.82) is 0 Å². The Morgan fingerprint density at radius 2 is 1.60 bits per heavy atom. The van der Waals surface area contributed by atoms with Crippen LogP contribution in [0.4, 0.5) is 0 Å². The molecule has 0 aliphatic heterocycles. The topological polar surface area (TPSA) is 44.8 Å². The highest BCUT2D eigenvalue weighted by molar-refractivity contribution is 6.70. The Kier molecular flexibility index (Phi) is 6.62. The largest absolute Gasteiger partial charge is 0.433 e. The van der Waals surface area contributed by atoms with Gasteiger partial charge in [-0.15, -0.1) is 0 Å². The number of esters is 1. The van der Waals surface area contributed by atoms with Crippen molar-refractivity contribution in [3.05, 3.63) is 12.2 Å². The second-order valence-corrected chi connectivity index (χ2v) is 17.6. The number of hydrogen-bond donors (Lipinski definition) is 0. The van der Waals surface area contributed by atoms with E-state index < -0.39 is 28.0 Å². The van der Waals surface area contributed by atoms with Gasteiger partial charge in [0.1, 0.15) is 6.10 Å². The van der Waals surface area contributed by atoms with Gasteiger partial charge in [-0.2, -0.15) is 0 Å². The molecule has 2 atom stereocenters. The first-order valence-corrected chi connectivity index (χ1v) is 14.7. The molecule has 0 aromatic rings. The third kappa shape index (κ3) is 7.53. The van der Waals surface area contributed by atoms with E-state index >= 15 is 0 Å². The third-order valence-corrected chi connectivity index (χ3v) is 6.13. The molecule has 0 aromatic carbocycles. The fraction of sp³-hybridized carbons (Fsp3) is 0.769. The predicted molar refractivity (Wildman–Crippen MR) is 91.9 cm³/mol. The normalized spacial score (nSPS) is 17.4. The van der Waals surface area contributed by atoms with Crippen LogP contribution in [0.2, 0.25) is 39.3 Å². The van der Waals surface area contributed by atoms with Crippen LogP contribution >= 0.6 is 0 Å². The van der Waals surface area contributed by atoms with Crippen molar-refractivity contribution >= 4 is 32.8 Å². The Bertz CT molecular complexity index is 371. The third-order valence-electron chi connectivity index (χ3n) is 2.42. The molecular weight excluding hydrogens is 304 g/mol. The van der Waals surface area contributed by atoms with Crippen LogP contribution in [-0.2, 0) is 18.4 Å². The molecule has 2 unspecified atom stereocenters. The van der Waals surface area contributed by atoms with Crippen molar-refractivity contribution in [2.24, 2.45) is 0 Å². The highest BCUT2D eigenvalue weighted by atomic mass is 28.4. The van der Waals surface area contributed by atoms with E-state index in [2.05, 4.69) is 45.9 Å². The molecule has 4 nitrogen and oxygen atoms in total. The molecule has 0 saturated carbocycles. The van der Waals surface area contributed by atoms with Gasteiger partial charge in [-0.1, -0.05) is 6.58 Å². The van der Waals surface area contributed by atoms with Gasteiger partial charge in [0.15, 0.2) is 22.0 Å². The molecule has 0 radical (unpaired) electrons. The Hall–Kier alpha value is -0.219. The van der Waals surface area contributed by atoms with E-state index in [1.165, 1.54) is 0 Å². The summed E-state index contributed by atoms with van der Waals surface area (Å²) < 4.78 is 17.9. The second-order valence-electron chi connectivity index (χ2n) is 7.27. The highest BCUT2D eigenvalue weighted by Gasteiger charge is 2.42. The maximum Gasteiger partial charge on any atom is 0.335 e. The quantitative estimate of drug-likeness (QED) is 0.310. The van der Waals surface area contributed by atoms with Gasteiger partial charge in [-0.25, -0.2) is 4.79 Å². The van der Waals surface area contributed by atoms with E-state index in [1.54, 1.807) is 6.92 Å². The summed E-state index contributed by atoms with van der Waals surface area (Å²) in [6.45, 7) is 19.8. The van der Waals surface area contributed by atoms with Gasteiger partial charge in [0.2, 0.25) is 0 Å². The van der Waals surface area contributed by atoms with Crippen LogP contribution in [-0.4, -0.2) is 44.4 Å². The lowest BCUT2D eigenvalue weighted by molar-refractivity contribution is -0.189. The first-order chi connectivity index (χ1) is 8.66. The zero-order valence-corrected chi connectivity index (χ0v) is 18.4. The van der Waals surface area contributed by atoms with E-state index in [1.807, 2.05) is 6.92 Å². The summed E-state index contributed by atoms with van der Waals surface area (Å²) in [6.07, 6.45) is -0.268. The van der Waals surface area contributed by atoms with Crippen LogP contribution in [0.1, 0.15) is 13.8 Å². The van der Waals surface area contributed by atoms with Crippen LogP contribution in [0, 0.1) is 0 Å². The standard InChI is InChI=1S/C13H30O4Si3/c1-10(2)12(14)15-13(18,17-20(7,8)9)11(3)16-19(4,5)6/h11H,1H2,2-9,18H3. The Morgan fingerprint density at radius 1 is 1.15 bits per heavy atom. The molecule has 0 spiro atoms. The minimum absolute atomic E-state index is 0.268. The van der Waals surface area contributed by atoms with Crippen LogP contribution in [0.5, 0.6) is 0 Å². The molecule has 0 amide bonds. The highest BCUT2D eigenvalue weighted by Crippen LogP contribution is 2.26. The smallest absolute Gasteiger partial charge is 0.335 e. The number of hydrogen-bond acceptors (Lipinski definition) is 4. The fourth-order valence-electron chi connectivity index (χ4n) is 1.70. The summed E-state index contributed by atoms with van der Waals surface area (Å²) in [5.41, 5.74) is -0.564. The van der Waals surface area contributed by atoms with Gasteiger partial charge in [-0.3, -0.25) is 0 Å². The Labute approximate surface area is 128 Å². The maximum atomic E-state index is 11.9. The second kappa shape index (κ2) is 6.69. The average molecular weight is 335 g/mol. The average Bonchev–Trinajstić information content (AvgIpc) is 2.10. The van der Waals surface area contributed by atoms with Crippen molar-refractivity contribution < 1.29 is 18.4 Å². The lowest BCUT2D eigenvalue weighted by Crippen LogP contribution is -2.56. The zero-order valence-electron chi connectivity index (χ0n) is 14.4. The SMILES string of the molecule is C=C(C)C(=O)OC([SiH3])(O[Si](C)(C)C)C(C)O[Si](C)(C)C. The molecule has 0 aliphatic rings. The number of carbonyl (C=O) groups is 1. The van der Waals surface area contributed by atoms with Crippen LogP contribution in [0.3, 0.4) is 0 Å². The van der Waals surface area contributed by atoms with Gasteiger partial charge in [0.05, 0.1) is 10.2 Å². The predicted octanol–water partition coefficient (Wildman–Crippen LogP) is 2.22. The molecule has 0 rings (SSSR count). The Balaban J connectivity index is 5.24. The number of rotatable bonds is 7. The van der Waals surface area contributed by atoms with Gasteiger partial charge in [0, 0.05) is 5.57 Å². The monoisotopic (exact) mass is 334 g/mol. The van der Waals surface area contributed by atoms with Crippen molar-refractivity contribution in [3.8, 4) is 0 Å². The molecule has 118 valence electrons. The first kappa shape index (κ1) is 19.8. The van der Waals surface area contributed by atoms with Crippen molar-refractivity contribution in [2.45, 2.75) is 64.6 Å². The van der Waals surface area contributed by atoms with Crippen molar-refractivity contribution in [3.63, 3.8) is 0 Å². The van der Waals surface area contributed by atoms with E-state index in [4.69, 9.17) is 13.6 Å². The molecule has 0 fully saturated rings. The first-order valence-electron chi connectivity index (χ1n) is 6.93. The fourth-order valence-corrected chi connectivity index (χ4v) is 6.78. The van der Waals surface area contributed by atoms with E-state index in [0.29, 0.717) is 15.8 Å². The molecule has 0 bridgehead atoms. The summed E-state index contributed by atoms with van der Waals surface area (Å²) in [4.78, 5) is 11.9. The van der Waals surface area contributed by atoms with Crippen molar-refractivity contribution in [1.82, 2.24) is 0 Å². The van der Waals surface area contributed by atoms with E-state index in [9.17, 15) is 4.79 Å².